The van der Waals surface area contributed by atoms with Gasteiger partial charge in [-0.2, -0.15) is 0 Å². The van der Waals surface area contributed by atoms with Gasteiger partial charge in [0.15, 0.2) is 23.0 Å². The van der Waals surface area contributed by atoms with Crippen molar-refractivity contribution in [2.45, 2.75) is 0 Å². The van der Waals surface area contributed by atoms with Crippen molar-refractivity contribution in [3.63, 3.8) is 0 Å². The molecule has 1 saturated heterocycles. The van der Waals surface area contributed by atoms with E-state index in [1.807, 2.05) is 24.3 Å². The number of ether oxygens (including phenoxy) is 3. The third-order valence-electron chi connectivity index (χ3n) is 5.11. The molecule has 8 heteroatoms. The van der Waals surface area contributed by atoms with Crippen molar-refractivity contribution in [3.05, 3.63) is 47.7 Å². The number of nitrogens with one attached hydrogen (secondary N) is 1. The van der Waals surface area contributed by atoms with E-state index in [0.29, 0.717) is 39.8 Å². The van der Waals surface area contributed by atoms with E-state index >= 15 is 0 Å². The third kappa shape index (κ3) is 3.61. The number of fused-ring (bicyclic) bond motifs is 1. The number of rotatable bonds is 6. The molecule has 0 aliphatic carbocycles. The van der Waals surface area contributed by atoms with E-state index < -0.39 is 0 Å². The Bertz CT molecular complexity index is 1050. The molecule has 4 rings (SSSR count). The molecule has 2 aromatic carbocycles. The number of aromatic nitrogens is 2. The Morgan fingerprint density at radius 2 is 1.53 bits per heavy atom. The second-order valence-electron chi connectivity index (χ2n) is 6.86. The van der Waals surface area contributed by atoms with E-state index in [2.05, 4.69) is 10.2 Å². The van der Waals surface area contributed by atoms with Gasteiger partial charge in [0.1, 0.15) is 0 Å². The molecule has 1 aliphatic heterocycles. The van der Waals surface area contributed by atoms with Gasteiger partial charge >= 0.3 is 0 Å². The predicted molar refractivity (Wildman–Crippen MR) is 114 cm³/mol. The van der Waals surface area contributed by atoms with Crippen LogP contribution < -0.4 is 24.4 Å². The maximum Gasteiger partial charge on any atom is 0.215 e. The Labute approximate surface area is 174 Å². The average molecular weight is 408 g/mol. The maximum absolute atomic E-state index is 13.6. The Balaban J connectivity index is 1.86. The van der Waals surface area contributed by atoms with E-state index in [4.69, 9.17) is 24.2 Å². The van der Waals surface area contributed by atoms with Crippen LogP contribution in [0.3, 0.4) is 0 Å². The molecule has 0 bridgehead atoms. The second-order valence-corrected chi connectivity index (χ2v) is 6.86. The fourth-order valence-corrected chi connectivity index (χ4v) is 3.59. The van der Waals surface area contributed by atoms with Gasteiger partial charge in [-0.1, -0.05) is 12.1 Å². The quantitative estimate of drug-likeness (QED) is 0.622. The molecule has 2 heterocycles. The minimum Gasteiger partial charge on any atom is -0.493 e. The lowest BCUT2D eigenvalue weighted by Crippen LogP contribution is -2.44. The molecule has 0 unspecified atom stereocenters. The van der Waals surface area contributed by atoms with Crippen molar-refractivity contribution in [2.75, 3.05) is 52.4 Å². The Morgan fingerprint density at radius 1 is 0.933 bits per heavy atom. The van der Waals surface area contributed by atoms with Crippen LogP contribution in [0.4, 0.5) is 5.82 Å². The molecule has 1 aliphatic rings. The van der Waals surface area contributed by atoms with Crippen LogP contribution in [0.5, 0.6) is 17.2 Å². The smallest absolute Gasteiger partial charge is 0.215 e. The standard InChI is InChI=1S/C22H24N4O4/c1-28-17-12-14(13-18(29-2)21(17)30-3)20(27)19-22(26-10-8-23-9-11-26)25-16-7-5-4-6-15(16)24-19/h4-7,12-13,23H,8-11H2,1-3H3. The van der Waals surface area contributed by atoms with Gasteiger partial charge in [0.05, 0.1) is 32.4 Å². The predicted octanol–water partition coefficient (Wildman–Crippen LogP) is 2.30. The van der Waals surface area contributed by atoms with E-state index in [1.54, 1.807) is 12.1 Å². The van der Waals surface area contributed by atoms with Crippen LogP contribution in [0.1, 0.15) is 16.1 Å². The highest BCUT2D eigenvalue weighted by Gasteiger charge is 2.25. The number of carbonyl (C=O) groups excluding carboxylic acids is 1. The zero-order valence-electron chi connectivity index (χ0n) is 17.3. The molecule has 1 fully saturated rings. The van der Waals surface area contributed by atoms with Gasteiger partial charge in [-0.25, -0.2) is 9.97 Å². The van der Waals surface area contributed by atoms with Gasteiger partial charge < -0.3 is 24.4 Å². The number of anilines is 1. The summed E-state index contributed by atoms with van der Waals surface area (Å²) in [6, 6.07) is 10.8. The number of carbonyl (C=O) groups is 1. The van der Waals surface area contributed by atoms with Crippen LogP contribution >= 0.6 is 0 Å². The van der Waals surface area contributed by atoms with Crippen molar-refractivity contribution in [3.8, 4) is 17.2 Å². The first kappa shape index (κ1) is 19.9. The topological polar surface area (TPSA) is 85.8 Å². The third-order valence-corrected chi connectivity index (χ3v) is 5.11. The fraction of sp³-hybridized carbons (Fsp3) is 0.318. The lowest BCUT2D eigenvalue weighted by atomic mass is 10.1. The molecule has 1 aromatic heterocycles. The van der Waals surface area contributed by atoms with Crippen molar-refractivity contribution in [2.24, 2.45) is 0 Å². The van der Waals surface area contributed by atoms with Crippen LogP contribution in [0.25, 0.3) is 11.0 Å². The number of hydrogen-bond acceptors (Lipinski definition) is 8. The summed E-state index contributed by atoms with van der Waals surface area (Å²) in [5.74, 6) is 1.61. The van der Waals surface area contributed by atoms with Crippen molar-refractivity contribution in [1.82, 2.24) is 15.3 Å². The molecule has 3 aromatic rings. The van der Waals surface area contributed by atoms with Crippen molar-refractivity contribution < 1.29 is 19.0 Å². The number of ketones is 1. The number of benzene rings is 2. The number of nitrogens with zero attached hydrogens (tertiary/aromatic N) is 3. The van der Waals surface area contributed by atoms with Crippen LogP contribution in [0, 0.1) is 0 Å². The molecule has 30 heavy (non-hydrogen) atoms. The first-order chi connectivity index (χ1) is 14.7. The van der Waals surface area contributed by atoms with E-state index in [1.165, 1.54) is 21.3 Å². The second kappa shape index (κ2) is 8.54. The van der Waals surface area contributed by atoms with Gasteiger partial charge in [-0.15, -0.1) is 0 Å². The van der Waals surface area contributed by atoms with Crippen molar-refractivity contribution in [1.29, 1.82) is 0 Å². The van der Waals surface area contributed by atoms with Gasteiger partial charge in [-0.05, 0) is 24.3 Å². The summed E-state index contributed by atoms with van der Waals surface area (Å²) in [7, 11) is 4.57. The normalized spacial score (nSPS) is 13.9. The highest BCUT2D eigenvalue weighted by atomic mass is 16.5. The number of hydrogen-bond donors (Lipinski definition) is 1. The van der Waals surface area contributed by atoms with Crippen LogP contribution in [0.2, 0.25) is 0 Å². The highest BCUT2D eigenvalue weighted by molar-refractivity contribution is 6.12. The molecule has 156 valence electrons. The van der Waals surface area contributed by atoms with Crippen molar-refractivity contribution >= 4 is 22.6 Å². The largest absolute Gasteiger partial charge is 0.493 e. The molecule has 1 N–H and O–H groups in total. The highest BCUT2D eigenvalue weighted by Crippen LogP contribution is 2.39. The summed E-state index contributed by atoms with van der Waals surface area (Å²) >= 11 is 0. The van der Waals surface area contributed by atoms with Crippen LogP contribution in [0.15, 0.2) is 36.4 Å². The maximum atomic E-state index is 13.6. The van der Waals surface area contributed by atoms with Gasteiger partial charge in [0, 0.05) is 31.7 Å². The summed E-state index contributed by atoms with van der Waals surface area (Å²) in [5, 5.41) is 3.32. The van der Waals surface area contributed by atoms with Crippen LogP contribution in [-0.4, -0.2) is 63.3 Å². The molecule has 0 spiro atoms. The lowest BCUT2D eigenvalue weighted by molar-refractivity contribution is 0.103. The average Bonchev–Trinajstić information content (AvgIpc) is 2.82. The summed E-state index contributed by atoms with van der Waals surface area (Å²) in [4.78, 5) is 25.2. The zero-order valence-corrected chi connectivity index (χ0v) is 17.3. The molecular weight excluding hydrogens is 384 g/mol. The lowest BCUT2D eigenvalue weighted by Gasteiger charge is -2.29. The molecule has 8 nitrogen and oxygen atoms in total. The fourth-order valence-electron chi connectivity index (χ4n) is 3.59. The SMILES string of the molecule is COc1cc(C(=O)c2nc3ccccc3nc2N2CCNCC2)cc(OC)c1OC. The number of piperazine rings is 1. The van der Waals surface area contributed by atoms with E-state index in [0.717, 1.165) is 31.7 Å². The molecule has 0 atom stereocenters. The minimum atomic E-state index is -0.249. The van der Waals surface area contributed by atoms with E-state index in [-0.39, 0.29) is 5.78 Å². The molecule has 0 saturated carbocycles. The number of methoxy groups -OCH3 is 3. The number of para-hydroxylation sites is 2. The summed E-state index contributed by atoms with van der Waals surface area (Å²) in [5.41, 5.74) is 2.13. The molecular formula is C22H24N4O4. The summed E-state index contributed by atoms with van der Waals surface area (Å²) in [6.45, 7) is 3.16. The first-order valence-corrected chi connectivity index (χ1v) is 9.73. The van der Waals surface area contributed by atoms with Gasteiger partial charge in [0.25, 0.3) is 0 Å². The minimum absolute atomic E-state index is 0.249. The molecule has 0 radical (unpaired) electrons. The van der Waals surface area contributed by atoms with E-state index in [9.17, 15) is 4.79 Å². The Kier molecular flexibility index (Phi) is 5.67. The summed E-state index contributed by atoms with van der Waals surface area (Å²) < 4.78 is 16.2. The van der Waals surface area contributed by atoms with Gasteiger partial charge in [-0.3, -0.25) is 4.79 Å². The summed E-state index contributed by atoms with van der Waals surface area (Å²) in [6.07, 6.45) is 0. The van der Waals surface area contributed by atoms with Gasteiger partial charge in [0.2, 0.25) is 11.5 Å². The Hall–Kier alpha value is -3.39. The Morgan fingerprint density at radius 3 is 2.10 bits per heavy atom. The first-order valence-electron chi connectivity index (χ1n) is 9.73. The zero-order chi connectivity index (χ0) is 21.1. The monoisotopic (exact) mass is 408 g/mol. The molecule has 0 amide bonds. The van der Waals surface area contributed by atoms with Crippen LogP contribution in [-0.2, 0) is 0 Å².